The molecule has 0 bridgehead atoms. The van der Waals surface area contributed by atoms with E-state index < -0.39 is 0 Å². The average molecular weight is 288 g/mol. The quantitative estimate of drug-likeness (QED) is 0.756. The highest BCUT2D eigenvalue weighted by molar-refractivity contribution is 5.33. The molecule has 3 nitrogen and oxygen atoms in total. The molecule has 116 valence electrons. The number of hydrogen-bond donors (Lipinski definition) is 1. The van der Waals surface area contributed by atoms with Crippen LogP contribution < -0.4 is 10.1 Å². The largest absolute Gasteiger partial charge is 0.492 e. The molecule has 1 unspecified atom stereocenters. The highest BCUT2D eigenvalue weighted by Gasteiger charge is 2.30. The second-order valence-corrected chi connectivity index (χ2v) is 6.67. The van der Waals surface area contributed by atoms with E-state index in [2.05, 4.69) is 48.5 Å². The van der Waals surface area contributed by atoms with Gasteiger partial charge in [0, 0.05) is 30.7 Å². The van der Waals surface area contributed by atoms with Crippen molar-refractivity contribution in [3.05, 3.63) is 29.8 Å². The summed E-state index contributed by atoms with van der Waals surface area (Å²) in [7, 11) is 2.22. The molecule has 2 aliphatic rings. The minimum Gasteiger partial charge on any atom is -0.492 e. The number of likely N-dealkylation sites (N-methyl/N-ethyl adjacent to an activating group) is 1. The van der Waals surface area contributed by atoms with Crippen LogP contribution in [-0.4, -0.2) is 37.2 Å². The number of nitrogens with zero attached hydrogens (tertiary/aromatic N) is 1. The van der Waals surface area contributed by atoms with Crippen LogP contribution in [0.4, 0.5) is 0 Å². The minimum absolute atomic E-state index is 0.695. The van der Waals surface area contributed by atoms with Gasteiger partial charge in [-0.3, -0.25) is 0 Å². The lowest BCUT2D eigenvalue weighted by molar-refractivity contribution is 0.185. The molecule has 0 aromatic heterocycles. The summed E-state index contributed by atoms with van der Waals surface area (Å²) >= 11 is 0. The second kappa shape index (κ2) is 6.80. The molecule has 2 saturated carbocycles. The van der Waals surface area contributed by atoms with E-state index in [1.165, 1.54) is 31.2 Å². The topological polar surface area (TPSA) is 24.5 Å². The molecule has 0 saturated heterocycles. The molecular weight excluding hydrogens is 260 g/mol. The molecule has 2 fully saturated rings. The Hall–Kier alpha value is -1.06. The molecule has 3 heteroatoms. The minimum atomic E-state index is 0.695. The first-order valence-corrected chi connectivity index (χ1v) is 8.38. The van der Waals surface area contributed by atoms with E-state index in [1.54, 1.807) is 0 Å². The Morgan fingerprint density at radius 2 is 2.00 bits per heavy atom. The van der Waals surface area contributed by atoms with E-state index >= 15 is 0 Å². The van der Waals surface area contributed by atoms with E-state index in [9.17, 15) is 0 Å². The molecule has 0 spiro atoms. The summed E-state index contributed by atoms with van der Waals surface area (Å²) in [6, 6.07) is 9.85. The predicted octanol–water partition coefficient (Wildman–Crippen LogP) is 3.05. The van der Waals surface area contributed by atoms with Crippen molar-refractivity contribution in [1.82, 2.24) is 10.2 Å². The molecule has 1 atom stereocenters. The Morgan fingerprint density at radius 3 is 2.71 bits per heavy atom. The fourth-order valence-electron chi connectivity index (χ4n) is 2.77. The third-order valence-electron chi connectivity index (χ3n) is 4.83. The van der Waals surface area contributed by atoms with Gasteiger partial charge in [0.05, 0.1) is 0 Å². The number of hydrogen-bond acceptors (Lipinski definition) is 3. The molecule has 0 heterocycles. The molecule has 3 rings (SSSR count). The van der Waals surface area contributed by atoms with Crippen LogP contribution in [0.3, 0.4) is 0 Å². The summed E-state index contributed by atoms with van der Waals surface area (Å²) in [6.45, 7) is 5.04. The number of nitrogens with one attached hydrogen (secondary N) is 1. The van der Waals surface area contributed by atoms with Crippen molar-refractivity contribution in [2.45, 2.75) is 51.2 Å². The van der Waals surface area contributed by atoms with Crippen LogP contribution in [0.15, 0.2) is 24.3 Å². The molecule has 2 aliphatic carbocycles. The van der Waals surface area contributed by atoms with Crippen LogP contribution in [-0.2, 0) is 6.54 Å². The maximum Gasteiger partial charge on any atom is 0.123 e. The van der Waals surface area contributed by atoms with Gasteiger partial charge in [-0.1, -0.05) is 18.2 Å². The Bertz CT molecular complexity index is 454. The van der Waals surface area contributed by atoms with Gasteiger partial charge in [0.15, 0.2) is 0 Å². The number of para-hydroxylation sites is 1. The maximum atomic E-state index is 6.03. The van der Waals surface area contributed by atoms with Gasteiger partial charge in [-0.05, 0) is 51.6 Å². The smallest absolute Gasteiger partial charge is 0.123 e. The first-order valence-electron chi connectivity index (χ1n) is 8.38. The highest BCUT2D eigenvalue weighted by atomic mass is 16.5. The molecule has 0 radical (unpaired) electrons. The molecular formula is C18H28N2O. The van der Waals surface area contributed by atoms with Crippen molar-refractivity contribution in [3.8, 4) is 5.75 Å². The van der Waals surface area contributed by atoms with Crippen molar-refractivity contribution >= 4 is 0 Å². The molecule has 1 N–H and O–H groups in total. The maximum absolute atomic E-state index is 6.03. The van der Waals surface area contributed by atoms with Crippen LogP contribution in [0.5, 0.6) is 5.75 Å². The monoisotopic (exact) mass is 288 g/mol. The van der Waals surface area contributed by atoms with E-state index in [4.69, 9.17) is 4.74 Å². The highest BCUT2D eigenvalue weighted by Crippen LogP contribution is 2.34. The zero-order valence-electron chi connectivity index (χ0n) is 13.3. The normalized spacial score (nSPS) is 19.8. The number of benzene rings is 1. The van der Waals surface area contributed by atoms with Gasteiger partial charge >= 0.3 is 0 Å². The fourth-order valence-corrected chi connectivity index (χ4v) is 2.77. The first kappa shape index (κ1) is 14.9. The lowest BCUT2D eigenvalue weighted by Crippen LogP contribution is -2.34. The van der Waals surface area contributed by atoms with Gasteiger partial charge in [-0.25, -0.2) is 0 Å². The number of ether oxygens (including phenoxy) is 1. The van der Waals surface area contributed by atoms with E-state index in [0.29, 0.717) is 6.04 Å². The van der Waals surface area contributed by atoms with Crippen LogP contribution in [0.1, 0.15) is 38.2 Å². The van der Waals surface area contributed by atoms with Gasteiger partial charge in [0.1, 0.15) is 12.4 Å². The van der Waals surface area contributed by atoms with Crippen molar-refractivity contribution in [2.75, 3.05) is 20.2 Å². The molecule has 0 amide bonds. The average Bonchev–Trinajstić information content (AvgIpc) is 3.39. The van der Waals surface area contributed by atoms with Gasteiger partial charge in [0.25, 0.3) is 0 Å². The Kier molecular flexibility index (Phi) is 4.81. The van der Waals surface area contributed by atoms with Crippen molar-refractivity contribution in [3.63, 3.8) is 0 Å². The van der Waals surface area contributed by atoms with Gasteiger partial charge in [-0.15, -0.1) is 0 Å². The van der Waals surface area contributed by atoms with Crippen LogP contribution >= 0.6 is 0 Å². The standard InChI is InChI=1S/C18H28N2O/c1-14(15-7-8-15)20(2)11-12-21-18-6-4-3-5-16(18)13-19-17-9-10-17/h3-6,14-15,17,19H,7-13H2,1-2H3. The zero-order chi connectivity index (χ0) is 14.7. The lowest BCUT2D eigenvalue weighted by Gasteiger charge is -2.24. The zero-order valence-corrected chi connectivity index (χ0v) is 13.3. The third kappa shape index (κ3) is 4.45. The van der Waals surface area contributed by atoms with Crippen LogP contribution in [0.25, 0.3) is 0 Å². The van der Waals surface area contributed by atoms with Gasteiger partial charge < -0.3 is 15.0 Å². The SMILES string of the molecule is CC(C1CC1)N(C)CCOc1ccccc1CNC1CC1. The summed E-state index contributed by atoms with van der Waals surface area (Å²) in [5.41, 5.74) is 1.28. The van der Waals surface area contributed by atoms with Crippen LogP contribution in [0, 0.1) is 5.92 Å². The summed E-state index contributed by atoms with van der Waals surface area (Å²) in [5, 5.41) is 3.56. The van der Waals surface area contributed by atoms with Gasteiger partial charge in [-0.2, -0.15) is 0 Å². The van der Waals surface area contributed by atoms with Crippen molar-refractivity contribution < 1.29 is 4.74 Å². The van der Waals surface area contributed by atoms with E-state index in [1.807, 2.05) is 0 Å². The van der Waals surface area contributed by atoms with Crippen molar-refractivity contribution in [1.29, 1.82) is 0 Å². The van der Waals surface area contributed by atoms with Gasteiger partial charge in [0.2, 0.25) is 0 Å². The second-order valence-electron chi connectivity index (χ2n) is 6.67. The summed E-state index contributed by atoms with van der Waals surface area (Å²) in [6.07, 6.45) is 5.46. The summed E-state index contributed by atoms with van der Waals surface area (Å²) < 4.78 is 6.03. The lowest BCUT2D eigenvalue weighted by atomic mass is 10.2. The fraction of sp³-hybridized carbons (Fsp3) is 0.667. The molecule has 21 heavy (non-hydrogen) atoms. The third-order valence-corrected chi connectivity index (χ3v) is 4.83. The van der Waals surface area contributed by atoms with Crippen molar-refractivity contribution in [2.24, 2.45) is 5.92 Å². The molecule has 0 aliphatic heterocycles. The van der Waals surface area contributed by atoms with E-state index in [0.717, 1.165) is 37.4 Å². The predicted molar refractivity (Wildman–Crippen MR) is 86.6 cm³/mol. The van der Waals surface area contributed by atoms with Crippen LogP contribution in [0.2, 0.25) is 0 Å². The summed E-state index contributed by atoms with van der Waals surface area (Å²) in [4.78, 5) is 2.43. The van der Waals surface area contributed by atoms with E-state index in [-0.39, 0.29) is 0 Å². The Balaban J connectivity index is 1.45. The Labute approximate surface area is 128 Å². The number of rotatable bonds is 9. The summed E-state index contributed by atoms with van der Waals surface area (Å²) in [5.74, 6) is 1.96. The molecule has 1 aromatic carbocycles. The molecule has 1 aromatic rings. The first-order chi connectivity index (χ1) is 10.2. The Morgan fingerprint density at radius 1 is 1.24 bits per heavy atom.